The first-order valence-corrected chi connectivity index (χ1v) is 11.0. The molecule has 1 aromatic carbocycles. The molecule has 28 heavy (non-hydrogen) atoms. The summed E-state index contributed by atoms with van der Waals surface area (Å²) in [7, 11) is -2.40. The van der Waals surface area contributed by atoms with Gasteiger partial charge in [0.05, 0.1) is 0 Å². The zero-order valence-corrected chi connectivity index (χ0v) is 16.9. The number of sulfonamides is 1. The van der Waals surface area contributed by atoms with Crippen LogP contribution in [0.5, 0.6) is 0 Å². The van der Waals surface area contributed by atoms with Gasteiger partial charge in [-0.2, -0.15) is 4.31 Å². The molecule has 7 nitrogen and oxygen atoms in total. The Labute approximate surface area is 165 Å². The molecule has 0 aliphatic carbocycles. The summed E-state index contributed by atoms with van der Waals surface area (Å²) in [5, 5.41) is 0. The normalized spacial score (nSPS) is 20.2. The fraction of sp³-hybridized carbons (Fsp3) is 0.632. The molecular weight excluding hydrogens is 387 g/mol. The second-order valence-electron chi connectivity index (χ2n) is 7.14. The minimum Gasteiger partial charge on any atom is -0.381 e. The lowest BCUT2D eigenvalue weighted by atomic mass is 9.98. The zero-order chi connectivity index (χ0) is 20.1. The Balaban J connectivity index is 1.71. The first-order chi connectivity index (χ1) is 13.4. The Morgan fingerprint density at radius 2 is 1.79 bits per heavy atom. The van der Waals surface area contributed by atoms with E-state index in [1.54, 1.807) is 0 Å². The number of methoxy groups -OCH3 is 1. The van der Waals surface area contributed by atoms with E-state index >= 15 is 0 Å². The minimum atomic E-state index is -3.89. The third-order valence-corrected chi connectivity index (χ3v) is 7.34. The molecule has 0 N–H and O–H groups in total. The lowest BCUT2D eigenvalue weighted by Gasteiger charge is -2.43. The van der Waals surface area contributed by atoms with Gasteiger partial charge in [0.15, 0.2) is 0 Å². The Hall–Kier alpha value is -1.55. The summed E-state index contributed by atoms with van der Waals surface area (Å²) in [6.45, 7) is 1.73. The van der Waals surface area contributed by atoms with Crippen LogP contribution in [0.3, 0.4) is 0 Å². The van der Waals surface area contributed by atoms with Crippen molar-refractivity contribution < 1.29 is 27.1 Å². The van der Waals surface area contributed by atoms with Gasteiger partial charge in [-0.3, -0.25) is 4.79 Å². The Kier molecular flexibility index (Phi) is 7.03. The highest BCUT2D eigenvalue weighted by Gasteiger charge is 2.37. The molecule has 0 aromatic heterocycles. The molecule has 1 amide bonds. The maximum absolute atomic E-state index is 14.0. The van der Waals surface area contributed by atoms with E-state index in [4.69, 9.17) is 9.47 Å². The average Bonchev–Trinajstić information content (AvgIpc) is 2.70. The third-order valence-electron chi connectivity index (χ3n) is 5.41. The van der Waals surface area contributed by atoms with Gasteiger partial charge in [0, 0.05) is 45.5 Å². The molecule has 0 atom stereocenters. The molecule has 156 valence electrons. The molecule has 2 aliphatic rings. The Bertz CT molecular complexity index is 774. The summed E-state index contributed by atoms with van der Waals surface area (Å²) in [5.41, 5.74) is 0. The number of halogens is 1. The smallest absolute Gasteiger partial charge is 0.249 e. The maximum Gasteiger partial charge on any atom is 0.249 e. The molecule has 0 bridgehead atoms. The maximum atomic E-state index is 14.0. The molecule has 0 spiro atoms. The van der Waals surface area contributed by atoms with Crippen LogP contribution >= 0.6 is 0 Å². The molecule has 1 aromatic rings. The largest absolute Gasteiger partial charge is 0.381 e. The molecule has 0 unspecified atom stereocenters. The zero-order valence-electron chi connectivity index (χ0n) is 16.0. The van der Waals surface area contributed by atoms with E-state index in [1.165, 1.54) is 29.6 Å². The SMILES string of the molecule is COCC(=O)N(C1CCOCC1)C1CCN(S(=O)(=O)c2ccccc2F)CC1. The molecule has 2 aliphatic heterocycles. The molecule has 2 saturated heterocycles. The van der Waals surface area contributed by atoms with E-state index < -0.39 is 15.8 Å². The molecule has 0 saturated carbocycles. The molecule has 0 radical (unpaired) electrons. The molecule has 2 fully saturated rings. The minimum absolute atomic E-state index is 0.00506. The number of rotatable bonds is 6. The van der Waals surface area contributed by atoms with E-state index in [-0.39, 0.29) is 42.6 Å². The number of carbonyl (C=O) groups is 1. The molecule has 3 rings (SSSR count). The summed E-state index contributed by atoms with van der Waals surface area (Å²) in [6.07, 6.45) is 2.56. The van der Waals surface area contributed by atoms with Crippen LogP contribution in [0.2, 0.25) is 0 Å². The van der Waals surface area contributed by atoms with Crippen LogP contribution in [0.1, 0.15) is 25.7 Å². The first-order valence-electron chi connectivity index (χ1n) is 9.57. The average molecular weight is 414 g/mol. The third kappa shape index (κ3) is 4.53. The van der Waals surface area contributed by atoms with Gasteiger partial charge in [0.25, 0.3) is 0 Å². The van der Waals surface area contributed by atoms with Gasteiger partial charge in [0.2, 0.25) is 15.9 Å². The summed E-state index contributed by atoms with van der Waals surface area (Å²) < 4.78 is 51.3. The van der Waals surface area contributed by atoms with Crippen molar-refractivity contribution in [2.24, 2.45) is 0 Å². The van der Waals surface area contributed by atoms with Crippen molar-refractivity contribution in [2.45, 2.75) is 42.7 Å². The van der Waals surface area contributed by atoms with E-state index in [1.807, 2.05) is 4.90 Å². The number of benzene rings is 1. The second kappa shape index (κ2) is 9.30. The number of piperidine rings is 1. The van der Waals surface area contributed by atoms with Crippen molar-refractivity contribution in [3.63, 3.8) is 0 Å². The Morgan fingerprint density at radius 3 is 2.39 bits per heavy atom. The molecular formula is C19H27FN2O5S. The number of hydrogen-bond acceptors (Lipinski definition) is 5. The summed E-state index contributed by atoms with van der Waals surface area (Å²) in [5.74, 6) is -0.825. The van der Waals surface area contributed by atoms with E-state index in [9.17, 15) is 17.6 Å². The first kappa shape index (κ1) is 21.2. The van der Waals surface area contributed by atoms with Gasteiger partial charge in [-0.1, -0.05) is 12.1 Å². The van der Waals surface area contributed by atoms with Crippen molar-refractivity contribution >= 4 is 15.9 Å². The number of ether oxygens (including phenoxy) is 2. The molecule has 9 heteroatoms. The van der Waals surface area contributed by atoms with Crippen LogP contribution in [0, 0.1) is 5.82 Å². The monoisotopic (exact) mass is 414 g/mol. The second-order valence-corrected chi connectivity index (χ2v) is 9.05. The van der Waals surface area contributed by atoms with Crippen LogP contribution in [-0.4, -0.2) is 75.6 Å². The predicted molar refractivity (Wildman–Crippen MR) is 101 cm³/mol. The van der Waals surface area contributed by atoms with E-state index in [0.717, 1.165) is 18.9 Å². The van der Waals surface area contributed by atoms with Crippen molar-refractivity contribution in [1.82, 2.24) is 9.21 Å². The van der Waals surface area contributed by atoms with Crippen molar-refractivity contribution in [2.75, 3.05) is 40.0 Å². The van der Waals surface area contributed by atoms with Crippen LogP contribution in [0.15, 0.2) is 29.2 Å². The van der Waals surface area contributed by atoms with Gasteiger partial charge in [-0.05, 0) is 37.8 Å². The van der Waals surface area contributed by atoms with Crippen molar-refractivity contribution in [3.8, 4) is 0 Å². The number of hydrogen-bond donors (Lipinski definition) is 0. The van der Waals surface area contributed by atoms with Gasteiger partial charge in [-0.15, -0.1) is 0 Å². The standard InChI is InChI=1S/C19H27FN2O5S/c1-26-14-19(23)22(16-8-12-27-13-9-16)15-6-10-21(11-7-15)28(24,25)18-5-3-2-4-17(18)20/h2-5,15-16H,6-14H2,1H3. The summed E-state index contributed by atoms with van der Waals surface area (Å²) in [6, 6.07) is 5.43. The quantitative estimate of drug-likeness (QED) is 0.707. The highest BCUT2D eigenvalue weighted by molar-refractivity contribution is 7.89. The van der Waals surface area contributed by atoms with Crippen molar-refractivity contribution in [3.05, 3.63) is 30.1 Å². The van der Waals surface area contributed by atoms with E-state index in [0.29, 0.717) is 26.1 Å². The number of carbonyl (C=O) groups excluding carboxylic acids is 1. The van der Waals surface area contributed by atoms with Crippen LogP contribution < -0.4 is 0 Å². The lowest BCUT2D eigenvalue weighted by molar-refractivity contribution is -0.143. The highest BCUT2D eigenvalue weighted by Crippen LogP contribution is 2.27. The van der Waals surface area contributed by atoms with Crippen LogP contribution in [0.4, 0.5) is 4.39 Å². The van der Waals surface area contributed by atoms with Crippen LogP contribution in [-0.2, 0) is 24.3 Å². The fourth-order valence-electron chi connectivity index (χ4n) is 4.02. The number of nitrogens with zero attached hydrogens (tertiary/aromatic N) is 2. The summed E-state index contributed by atoms with van der Waals surface area (Å²) in [4.78, 5) is 14.2. The summed E-state index contributed by atoms with van der Waals surface area (Å²) >= 11 is 0. The highest BCUT2D eigenvalue weighted by atomic mass is 32.2. The van der Waals surface area contributed by atoms with Gasteiger partial charge < -0.3 is 14.4 Å². The van der Waals surface area contributed by atoms with Gasteiger partial charge >= 0.3 is 0 Å². The lowest BCUT2D eigenvalue weighted by Crippen LogP contribution is -2.54. The number of amides is 1. The Morgan fingerprint density at radius 1 is 1.18 bits per heavy atom. The predicted octanol–water partition coefficient (Wildman–Crippen LogP) is 1.63. The molecule has 2 heterocycles. The van der Waals surface area contributed by atoms with Gasteiger partial charge in [0.1, 0.15) is 17.3 Å². The topological polar surface area (TPSA) is 76.2 Å². The van der Waals surface area contributed by atoms with Gasteiger partial charge in [-0.25, -0.2) is 12.8 Å². The van der Waals surface area contributed by atoms with E-state index in [2.05, 4.69) is 0 Å². The fourth-order valence-corrected chi connectivity index (χ4v) is 5.56. The van der Waals surface area contributed by atoms with Crippen molar-refractivity contribution in [1.29, 1.82) is 0 Å². The van der Waals surface area contributed by atoms with Crippen LogP contribution in [0.25, 0.3) is 0 Å².